The van der Waals surface area contributed by atoms with Crippen molar-refractivity contribution in [3.8, 4) is 51.4 Å². The van der Waals surface area contributed by atoms with Gasteiger partial charge in [0.1, 0.15) is 0 Å². The molecule has 4 aromatic carbocycles. The molecule has 4 saturated carbocycles. The highest BCUT2D eigenvalue weighted by Gasteiger charge is 2.46. The SMILES string of the molecule is C[C@@H]1C[C@@H]2C[C@H](C)CC(c3ccc(-c4nc(-c5ccc(C67C[C@H](C)C[C@H](C[C@H](C)C6)C7)cc5)nc(-c5cccc(-c6ccc(C#N)cc6)c5)n4)cc3)(C1)C2. The van der Waals surface area contributed by atoms with Gasteiger partial charge >= 0.3 is 0 Å². The Morgan fingerprint density at radius 1 is 0.463 bits per heavy atom. The van der Waals surface area contributed by atoms with E-state index in [-0.39, 0.29) is 10.8 Å². The van der Waals surface area contributed by atoms with Gasteiger partial charge in [-0.2, -0.15) is 5.26 Å². The van der Waals surface area contributed by atoms with Gasteiger partial charge < -0.3 is 0 Å². The molecule has 4 nitrogen and oxygen atoms in total. The standard InChI is InChI=1S/C50H54N4/c1-32-20-37-21-33(2)26-49(25-32,29-37)44-16-12-40(13-17-44)46-52-47(41-14-18-45(19-15-41)50-27-34(3)22-38(30-50)23-35(4)28-50)54-48(53-46)43-7-5-6-42(24-43)39-10-8-36(31-51)9-11-39/h5-19,24,32-35,37-38H,20-23,25-30H2,1-4H3/t32-,33+,34-,35+,37-,38-,49?,50?. The van der Waals surface area contributed by atoms with Crippen molar-refractivity contribution in [2.45, 2.75) is 103 Å². The van der Waals surface area contributed by atoms with Gasteiger partial charge in [0.2, 0.25) is 0 Å². The molecule has 274 valence electrons. The molecule has 54 heavy (non-hydrogen) atoms. The molecular weight excluding hydrogens is 657 g/mol. The molecular formula is C50H54N4. The molecule has 1 heterocycles. The Balaban J connectivity index is 1.10. The molecule has 0 aliphatic heterocycles. The summed E-state index contributed by atoms with van der Waals surface area (Å²) >= 11 is 0. The molecule has 4 aliphatic rings. The van der Waals surface area contributed by atoms with Gasteiger partial charge in [-0.1, -0.05) is 107 Å². The van der Waals surface area contributed by atoms with Crippen LogP contribution in [0.1, 0.15) is 109 Å². The molecule has 9 rings (SSSR count). The van der Waals surface area contributed by atoms with Crippen LogP contribution >= 0.6 is 0 Å². The summed E-state index contributed by atoms with van der Waals surface area (Å²) in [5.74, 6) is 6.90. The van der Waals surface area contributed by atoms with Crippen LogP contribution in [0.25, 0.3) is 45.3 Å². The number of hydrogen-bond acceptors (Lipinski definition) is 4. The molecule has 4 fully saturated rings. The minimum Gasteiger partial charge on any atom is -0.208 e. The molecule has 0 N–H and O–H groups in total. The number of hydrogen-bond donors (Lipinski definition) is 0. The van der Waals surface area contributed by atoms with Crippen LogP contribution in [0, 0.1) is 46.8 Å². The lowest BCUT2D eigenvalue weighted by molar-refractivity contribution is 0.0779. The van der Waals surface area contributed by atoms with E-state index in [0.717, 1.165) is 63.3 Å². The van der Waals surface area contributed by atoms with Crippen molar-refractivity contribution < 1.29 is 0 Å². The van der Waals surface area contributed by atoms with E-state index in [4.69, 9.17) is 15.0 Å². The number of aromatic nitrogens is 3. The third-order valence-electron chi connectivity index (χ3n) is 13.9. The Labute approximate surface area is 322 Å². The highest BCUT2D eigenvalue weighted by Crippen LogP contribution is 2.55. The largest absolute Gasteiger partial charge is 0.208 e. The second-order valence-electron chi connectivity index (χ2n) is 18.6. The maximum absolute atomic E-state index is 9.34. The van der Waals surface area contributed by atoms with Gasteiger partial charge in [0.25, 0.3) is 0 Å². The van der Waals surface area contributed by atoms with E-state index >= 15 is 0 Å². The van der Waals surface area contributed by atoms with Gasteiger partial charge in [0.05, 0.1) is 11.6 Å². The first-order valence-corrected chi connectivity index (χ1v) is 20.7. The molecule has 2 unspecified atom stereocenters. The summed E-state index contributed by atoms with van der Waals surface area (Å²) in [6.45, 7) is 9.85. The number of nitriles is 1. The Morgan fingerprint density at radius 3 is 1.28 bits per heavy atom. The van der Waals surface area contributed by atoms with E-state index in [9.17, 15) is 5.26 Å². The van der Waals surface area contributed by atoms with E-state index < -0.39 is 0 Å². The smallest absolute Gasteiger partial charge is 0.164 e. The molecule has 0 amide bonds. The van der Waals surface area contributed by atoms with Crippen LogP contribution in [-0.4, -0.2) is 15.0 Å². The summed E-state index contributed by atoms with van der Waals surface area (Å²) in [5.41, 5.74) is 9.34. The van der Waals surface area contributed by atoms with Crippen LogP contribution in [0.3, 0.4) is 0 Å². The monoisotopic (exact) mass is 710 g/mol. The lowest BCUT2D eigenvalue weighted by Gasteiger charge is -2.50. The summed E-state index contributed by atoms with van der Waals surface area (Å²) in [7, 11) is 0. The maximum Gasteiger partial charge on any atom is 0.164 e. The van der Waals surface area contributed by atoms with Crippen molar-refractivity contribution in [1.82, 2.24) is 15.0 Å². The van der Waals surface area contributed by atoms with E-state index in [2.05, 4.69) is 107 Å². The lowest BCUT2D eigenvalue weighted by Crippen LogP contribution is -2.42. The minimum absolute atomic E-state index is 0.285. The van der Waals surface area contributed by atoms with E-state index in [1.165, 1.54) is 75.3 Å². The summed E-state index contributed by atoms with van der Waals surface area (Å²) in [6, 6.07) is 37.0. The van der Waals surface area contributed by atoms with Crippen molar-refractivity contribution in [3.05, 3.63) is 114 Å². The van der Waals surface area contributed by atoms with E-state index in [0.29, 0.717) is 23.0 Å². The zero-order chi connectivity index (χ0) is 37.0. The number of rotatable bonds is 6. The molecule has 0 radical (unpaired) electrons. The van der Waals surface area contributed by atoms with Gasteiger partial charge in [0.15, 0.2) is 17.5 Å². The van der Waals surface area contributed by atoms with Crippen LogP contribution in [-0.2, 0) is 10.8 Å². The van der Waals surface area contributed by atoms with Crippen molar-refractivity contribution in [3.63, 3.8) is 0 Å². The van der Waals surface area contributed by atoms with Crippen molar-refractivity contribution >= 4 is 0 Å². The zero-order valence-electron chi connectivity index (χ0n) is 32.6. The highest BCUT2D eigenvalue weighted by molar-refractivity contribution is 5.73. The molecule has 0 spiro atoms. The molecule has 8 atom stereocenters. The van der Waals surface area contributed by atoms with Gasteiger partial charge in [-0.3, -0.25) is 0 Å². The Kier molecular flexibility index (Phi) is 9.04. The molecule has 5 aromatic rings. The Bertz CT molecular complexity index is 2030. The van der Waals surface area contributed by atoms with Crippen LogP contribution in [0.4, 0.5) is 0 Å². The molecule has 4 bridgehead atoms. The van der Waals surface area contributed by atoms with Crippen molar-refractivity contribution in [2.24, 2.45) is 35.5 Å². The van der Waals surface area contributed by atoms with Gasteiger partial charge in [-0.25, -0.2) is 15.0 Å². The first kappa shape index (κ1) is 35.1. The average molecular weight is 711 g/mol. The van der Waals surface area contributed by atoms with Gasteiger partial charge in [0, 0.05) is 16.7 Å². The molecule has 0 saturated heterocycles. The Hall–Kier alpha value is -4.62. The van der Waals surface area contributed by atoms with Gasteiger partial charge in [-0.05, 0) is 151 Å². The topological polar surface area (TPSA) is 62.5 Å². The fourth-order valence-electron chi connectivity index (χ4n) is 12.4. The second-order valence-corrected chi connectivity index (χ2v) is 18.6. The first-order chi connectivity index (χ1) is 26.2. The molecule has 4 heteroatoms. The van der Waals surface area contributed by atoms with Crippen molar-refractivity contribution in [1.29, 1.82) is 5.26 Å². The summed E-state index contributed by atoms with van der Waals surface area (Å²) in [4.78, 5) is 15.5. The Morgan fingerprint density at radius 2 is 0.852 bits per heavy atom. The first-order valence-electron chi connectivity index (χ1n) is 20.7. The minimum atomic E-state index is 0.285. The van der Waals surface area contributed by atoms with Crippen LogP contribution in [0.5, 0.6) is 0 Å². The molecule has 1 aromatic heterocycles. The predicted molar refractivity (Wildman–Crippen MR) is 219 cm³/mol. The van der Waals surface area contributed by atoms with Crippen molar-refractivity contribution in [2.75, 3.05) is 0 Å². The maximum atomic E-state index is 9.34. The third kappa shape index (κ3) is 6.70. The third-order valence-corrected chi connectivity index (χ3v) is 13.9. The normalized spacial score (nSPS) is 30.4. The number of benzene rings is 4. The van der Waals surface area contributed by atoms with E-state index in [1.54, 1.807) is 0 Å². The number of fused-ring (bicyclic) bond motifs is 4. The average Bonchev–Trinajstić information content (AvgIpc) is 3.17. The molecule has 4 aliphatic carbocycles. The van der Waals surface area contributed by atoms with Crippen LogP contribution in [0.15, 0.2) is 97.1 Å². The fourth-order valence-corrected chi connectivity index (χ4v) is 12.4. The zero-order valence-corrected chi connectivity index (χ0v) is 32.6. The predicted octanol–water partition coefficient (Wildman–Crippen LogP) is 12.6. The number of nitrogens with zero attached hydrogens (tertiary/aromatic N) is 4. The summed E-state index contributed by atoms with van der Waals surface area (Å²) in [6.07, 6.45) is 13.3. The lowest BCUT2D eigenvalue weighted by atomic mass is 9.54. The van der Waals surface area contributed by atoms with Crippen LogP contribution < -0.4 is 0 Å². The highest BCUT2D eigenvalue weighted by atomic mass is 15.0. The van der Waals surface area contributed by atoms with E-state index in [1.807, 2.05) is 24.3 Å². The summed E-state index contributed by atoms with van der Waals surface area (Å²) in [5, 5.41) is 9.34. The quantitative estimate of drug-likeness (QED) is 0.176. The summed E-state index contributed by atoms with van der Waals surface area (Å²) < 4.78 is 0. The van der Waals surface area contributed by atoms with Crippen LogP contribution in [0.2, 0.25) is 0 Å². The van der Waals surface area contributed by atoms with Gasteiger partial charge in [-0.15, -0.1) is 0 Å². The second kappa shape index (κ2) is 13.9. The fraction of sp³-hybridized carbons (Fsp3) is 0.440.